The zero-order valence-electron chi connectivity index (χ0n) is 8.31. The van der Waals surface area contributed by atoms with Gasteiger partial charge in [-0.05, 0) is 31.9 Å². The van der Waals surface area contributed by atoms with E-state index in [1.54, 1.807) is 0 Å². The molecule has 68 valence electrons. The van der Waals surface area contributed by atoms with Crippen LogP contribution < -0.4 is 5.32 Å². The van der Waals surface area contributed by atoms with E-state index in [0.29, 0.717) is 6.54 Å². The lowest BCUT2D eigenvalue weighted by Crippen LogP contribution is -2.02. The summed E-state index contributed by atoms with van der Waals surface area (Å²) in [5.41, 5.74) is 4.75. The van der Waals surface area contributed by atoms with Crippen LogP contribution in [0, 0.1) is 32.1 Å². The van der Waals surface area contributed by atoms with Gasteiger partial charge >= 0.3 is 0 Å². The Morgan fingerprint density at radius 1 is 1.23 bits per heavy atom. The topological polar surface area (TPSA) is 35.8 Å². The van der Waals surface area contributed by atoms with Gasteiger partial charge in [0.05, 0.1) is 6.07 Å². The van der Waals surface area contributed by atoms with E-state index in [1.165, 1.54) is 16.7 Å². The first-order valence-electron chi connectivity index (χ1n) is 4.34. The number of nitrogens with one attached hydrogen (secondary N) is 1. The summed E-state index contributed by atoms with van der Waals surface area (Å²) in [4.78, 5) is 0. The fourth-order valence-corrected chi connectivity index (χ4v) is 1.59. The molecule has 0 aliphatic carbocycles. The number of rotatable bonds is 2. The molecule has 0 saturated carbocycles. The van der Waals surface area contributed by atoms with Crippen molar-refractivity contribution in [2.45, 2.75) is 20.8 Å². The van der Waals surface area contributed by atoms with Crippen molar-refractivity contribution in [1.82, 2.24) is 0 Å². The first-order valence-corrected chi connectivity index (χ1v) is 4.34. The van der Waals surface area contributed by atoms with Crippen LogP contribution in [-0.2, 0) is 0 Å². The van der Waals surface area contributed by atoms with Crippen molar-refractivity contribution in [3.63, 3.8) is 0 Å². The van der Waals surface area contributed by atoms with Crippen LogP contribution in [0.15, 0.2) is 12.1 Å². The minimum Gasteiger partial charge on any atom is -0.372 e. The number of anilines is 1. The predicted octanol–water partition coefficient (Wildman–Crippen LogP) is 2.55. The Bertz CT molecular complexity index is 325. The molecule has 0 atom stereocenters. The smallest absolute Gasteiger partial charge is 0.103 e. The molecule has 0 aliphatic heterocycles. The Morgan fingerprint density at radius 3 is 2.23 bits per heavy atom. The standard InChI is InChI=1S/C11H14N2/c1-8-6-9(2)11(10(3)7-8)13-5-4-12/h6-7,13H,5H2,1-3H3. The van der Waals surface area contributed by atoms with Crippen LogP contribution in [0.3, 0.4) is 0 Å². The van der Waals surface area contributed by atoms with Crippen LogP contribution in [-0.4, -0.2) is 6.54 Å². The number of aryl methyl sites for hydroxylation is 3. The third-order valence-corrected chi connectivity index (χ3v) is 2.02. The normalized spacial score (nSPS) is 9.38. The van der Waals surface area contributed by atoms with Gasteiger partial charge in [0, 0.05) is 5.69 Å². The van der Waals surface area contributed by atoms with Gasteiger partial charge in [0.1, 0.15) is 6.54 Å². The van der Waals surface area contributed by atoms with Crippen LogP contribution in [0.25, 0.3) is 0 Å². The molecular formula is C11H14N2. The van der Waals surface area contributed by atoms with Crippen molar-refractivity contribution in [3.8, 4) is 6.07 Å². The van der Waals surface area contributed by atoms with Gasteiger partial charge in [-0.1, -0.05) is 17.7 Å². The lowest BCUT2D eigenvalue weighted by Gasteiger charge is -2.11. The molecule has 0 saturated heterocycles. The fourth-order valence-electron chi connectivity index (χ4n) is 1.59. The summed E-state index contributed by atoms with van der Waals surface area (Å²) in [5, 5.41) is 11.5. The van der Waals surface area contributed by atoms with Crippen molar-refractivity contribution in [2.24, 2.45) is 0 Å². The molecule has 0 spiro atoms. The number of benzene rings is 1. The van der Waals surface area contributed by atoms with Gasteiger partial charge in [0.15, 0.2) is 0 Å². The van der Waals surface area contributed by atoms with Crippen molar-refractivity contribution in [2.75, 3.05) is 11.9 Å². The molecule has 0 heterocycles. The molecule has 1 aromatic rings. The van der Waals surface area contributed by atoms with E-state index in [0.717, 1.165) is 5.69 Å². The first kappa shape index (κ1) is 9.60. The Kier molecular flexibility index (Phi) is 2.92. The van der Waals surface area contributed by atoms with Gasteiger partial charge in [-0.2, -0.15) is 5.26 Å². The number of nitrogens with zero attached hydrogens (tertiary/aromatic N) is 1. The second-order valence-corrected chi connectivity index (χ2v) is 3.29. The molecule has 1 N–H and O–H groups in total. The van der Waals surface area contributed by atoms with Crippen LogP contribution in [0.2, 0.25) is 0 Å². The van der Waals surface area contributed by atoms with Crippen LogP contribution in [0.1, 0.15) is 16.7 Å². The molecule has 0 bridgehead atoms. The van der Waals surface area contributed by atoms with E-state index in [4.69, 9.17) is 5.26 Å². The van der Waals surface area contributed by atoms with E-state index >= 15 is 0 Å². The average Bonchev–Trinajstić information content (AvgIpc) is 2.02. The molecule has 13 heavy (non-hydrogen) atoms. The van der Waals surface area contributed by atoms with Crippen molar-refractivity contribution in [1.29, 1.82) is 5.26 Å². The summed E-state index contributed by atoms with van der Waals surface area (Å²) in [6.45, 7) is 6.55. The summed E-state index contributed by atoms with van der Waals surface area (Å²) in [6.07, 6.45) is 0. The SMILES string of the molecule is Cc1cc(C)c(NCC#N)c(C)c1. The predicted molar refractivity (Wildman–Crippen MR) is 54.8 cm³/mol. The molecule has 0 amide bonds. The van der Waals surface area contributed by atoms with Crippen molar-refractivity contribution >= 4 is 5.69 Å². The summed E-state index contributed by atoms with van der Waals surface area (Å²) in [7, 11) is 0. The van der Waals surface area contributed by atoms with E-state index in [-0.39, 0.29) is 0 Å². The molecule has 2 heteroatoms. The van der Waals surface area contributed by atoms with E-state index in [9.17, 15) is 0 Å². The number of nitriles is 1. The van der Waals surface area contributed by atoms with Gasteiger partial charge in [0.25, 0.3) is 0 Å². The van der Waals surface area contributed by atoms with E-state index in [2.05, 4.69) is 44.3 Å². The quantitative estimate of drug-likeness (QED) is 0.699. The minimum atomic E-state index is 0.366. The Morgan fingerprint density at radius 2 is 1.77 bits per heavy atom. The molecule has 2 nitrogen and oxygen atoms in total. The highest BCUT2D eigenvalue weighted by atomic mass is 14.9. The molecule has 0 radical (unpaired) electrons. The van der Waals surface area contributed by atoms with Crippen LogP contribution in [0.5, 0.6) is 0 Å². The molecule has 1 aromatic carbocycles. The molecule has 0 fully saturated rings. The molecule has 0 unspecified atom stereocenters. The van der Waals surface area contributed by atoms with Gasteiger partial charge in [-0.15, -0.1) is 0 Å². The Hall–Kier alpha value is -1.49. The fraction of sp³-hybridized carbons (Fsp3) is 0.364. The summed E-state index contributed by atoms with van der Waals surface area (Å²) in [6, 6.07) is 6.31. The highest BCUT2D eigenvalue weighted by Gasteiger charge is 2.01. The third kappa shape index (κ3) is 2.22. The second-order valence-electron chi connectivity index (χ2n) is 3.29. The van der Waals surface area contributed by atoms with Gasteiger partial charge in [-0.3, -0.25) is 0 Å². The summed E-state index contributed by atoms with van der Waals surface area (Å²) >= 11 is 0. The zero-order valence-corrected chi connectivity index (χ0v) is 8.31. The maximum absolute atomic E-state index is 8.45. The number of hydrogen-bond acceptors (Lipinski definition) is 2. The van der Waals surface area contributed by atoms with Gasteiger partial charge in [0.2, 0.25) is 0 Å². The molecule has 0 aromatic heterocycles. The molecule has 0 aliphatic rings. The average molecular weight is 174 g/mol. The van der Waals surface area contributed by atoms with E-state index < -0.39 is 0 Å². The first-order chi connectivity index (χ1) is 6.15. The molecular weight excluding hydrogens is 160 g/mol. The maximum Gasteiger partial charge on any atom is 0.103 e. The summed E-state index contributed by atoms with van der Waals surface area (Å²) < 4.78 is 0. The maximum atomic E-state index is 8.45. The highest BCUT2D eigenvalue weighted by Crippen LogP contribution is 2.21. The second kappa shape index (κ2) is 3.95. The highest BCUT2D eigenvalue weighted by molar-refractivity contribution is 5.58. The monoisotopic (exact) mass is 174 g/mol. The minimum absolute atomic E-state index is 0.366. The summed E-state index contributed by atoms with van der Waals surface area (Å²) in [5.74, 6) is 0. The van der Waals surface area contributed by atoms with Crippen LogP contribution in [0.4, 0.5) is 5.69 Å². The number of hydrogen-bond donors (Lipinski definition) is 1. The van der Waals surface area contributed by atoms with Crippen molar-refractivity contribution in [3.05, 3.63) is 28.8 Å². The lowest BCUT2D eigenvalue weighted by atomic mass is 10.1. The van der Waals surface area contributed by atoms with Crippen molar-refractivity contribution < 1.29 is 0 Å². The third-order valence-electron chi connectivity index (χ3n) is 2.02. The lowest BCUT2D eigenvalue weighted by molar-refractivity contribution is 1.24. The zero-order chi connectivity index (χ0) is 9.84. The Labute approximate surface area is 79.2 Å². The Balaban J connectivity index is 3.00. The largest absolute Gasteiger partial charge is 0.372 e. The molecule has 1 rings (SSSR count). The van der Waals surface area contributed by atoms with Crippen LogP contribution >= 0.6 is 0 Å². The van der Waals surface area contributed by atoms with E-state index in [1.807, 2.05) is 0 Å². The van der Waals surface area contributed by atoms with Gasteiger partial charge in [-0.25, -0.2) is 0 Å². The van der Waals surface area contributed by atoms with Gasteiger partial charge < -0.3 is 5.32 Å².